The predicted octanol–water partition coefficient (Wildman–Crippen LogP) is 3.91. The number of amides is 4. The number of nitrogens with one attached hydrogen (secondary N) is 2. The first-order chi connectivity index (χ1) is 15.2. The lowest BCUT2D eigenvalue weighted by molar-refractivity contribution is -0.384. The molecule has 1 fully saturated rings. The highest BCUT2D eigenvalue weighted by Gasteiger charge is 2.49. The quantitative estimate of drug-likeness (QED) is 0.405. The molecule has 1 aliphatic heterocycles. The lowest BCUT2D eigenvalue weighted by atomic mass is 9.84. The van der Waals surface area contributed by atoms with Gasteiger partial charge in [0, 0.05) is 6.07 Å². The molecule has 33 heavy (non-hydrogen) atoms. The first-order valence-electron chi connectivity index (χ1n) is 10.5. The van der Waals surface area contributed by atoms with Crippen molar-refractivity contribution in [1.82, 2.24) is 10.2 Å². The van der Waals surface area contributed by atoms with Crippen molar-refractivity contribution in [2.45, 2.75) is 52.5 Å². The van der Waals surface area contributed by atoms with E-state index in [2.05, 4.69) is 31.4 Å². The Bertz CT molecular complexity index is 1150. The molecule has 9 nitrogen and oxygen atoms in total. The van der Waals surface area contributed by atoms with Crippen LogP contribution in [-0.2, 0) is 20.5 Å². The minimum atomic E-state index is -1.32. The standard InChI is InChI=1S/C24H28N4O5/c1-14-11-18(19(28(32)33)12-15(14)2)25-20(29)13-27-21(30)24(6,26-22(27)31)17-9-7-16(8-10-17)23(3,4)5/h7-12H,13H2,1-6H3,(H,25,29)(H,26,31). The van der Waals surface area contributed by atoms with Gasteiger partial charge in [0.2, 0.25) is 5.91 Å². The molecular formula is C24H28N4O5. The zero-order chi connectivity index (χ0) is 24.7. The van der Waals surface area contributed by atoms with Gasteiger partial charge in [0.1, 0.15) is 17.8 Å². The number of anilines is 1. The summed E-state index contributed by atoms with van der Waals surface area (Å²) in [4.78, 5) is 49.9. The smallest absolute Gasteiger partial charge is 0.319 e. The predicted molar refractivity (Wildman–Crippen MR) is 124 cm³/mol. The van der Waals surface area contributed by atoms with Gasteiger partial charge in [-0.25, -0.2) is 4.79 Å². The van der Waals surface area contributed by atoms with Crippen LogP contribution in [0, 0.1) is 24.0 Å². The number of urea groups is 1. The normalized spacial score (nSPS) is 18.3. The fraction of sp³-hybridized carbons (Fsp3) is 0.375. The van der Waals surface area contributed by atoms with Gasteiger partial charge in [-0.05, 0) is 54.5 Å². The third kappa shape index (κ3) is 4.57. The van der Waals surface area contributed by atoms with Gasteiger partial charge in [-0.3, -0.25) is 24.6 Å². The SMILES string of the molecule is Cc1cc(NC(=O)CN2C(=O)NC(C)(c3ccc(C(C)(C)C)cc3)C2=O)c([N+](=O)[O-])cc1C. The van der Waals surface area contributed by atoms with Crippen LogP contribution in [0.3, 0.4) is 0 Å². The van der Waals surface area contributed by atoms with Gasteiger partial charge in [0.15, 0.2) is 0 Å². The lowest BCUT2D eigenvalue weighted by Crippen LogP contribution is -2.42. The molecule has 1 unspecified atom stereocenters. The molecule has 0 radical (unpaired) electrons. The molecule has 174 valence electrons. The van der Waals surface area contributed by atoms with Crippen LogP contribution in [0.4, 0.5) is 16.2 Å². The maximum Gasteiger partial charge on any atom is 0.325 e. The summed E-state index contributed by atoms with van der Waals surface area (Å²) < 4.78 is 0. The van der Waals surface area contributed by atoms with E-state index in [9.17, 15) is 24.5 Å². The highest BCUT2D eigenvalue weighted by molar-refractivity contribution is 6.10. The van der Waals surface area contributed by atoms with Gasteiger partial charge in [-0.2, -0.15) is 0 Å². The maximum atomic E-state index is 13.1. The Morgan fingerprint density at radius 3 is 2.24 bits per heavy atom. The molecular weight excluding hydrogens is 424 g/mol. The van der Waals surface area contributed by atoms with Gasteiger partial charge >= 0.3 is 6.03 Å². The molecule has 2 N–H and O–H groups in total. The van der Waals surface area contributed by atoms with Crippen molar-refractivity contribution in [2.75, 3.05) is 11.9 Å². The number of carbonyl (C=O) groups excluding carboxylic acids is 3. The third-order valence-corrected chi connectivity index (χ3v) is 5.99. The number of benzene rings is 2. The largest absolute Gasteiger partial charge is 0.325 e. The lowest BCUT2D eigenvalue weighted by Gasteiger charge is -2.24. The van der Waals surface area contributed by atoms with Crippen molar-refractivity contribution in [2.24, 2.45) is 0 Å². The molecule has 0 aliphatic carbocycles. The molecule has 9 heteroatoms. The highest BCUT2D eigenvalue weighted by Crippen LogP contribution is 2.32. The van der Waals surface area contributed by atoms with Crippen LogP contribution in [0.15, 0.2) is 36.4 Å². The number of hydrogen-bond donors (Lipinski definition) is 2. The molecule has 0 aromatic heterocycles. The number of nitrogens with zero attached hydrogens (tertiary/aromatic N) is 2. The fourth-order valence-electron chi connectivity index (χ4n) is 3.73. The second-order valence-electron chi connectivity index (χ2n) is 9.53. The van der Waals surface area contributed by atoms with Crippen molar-refractivity contribution in [1.29, 1.82) is 0 Å². The minimum absolute atomic E-state index is 0.0145. The Labute approximate surface area is 192 Å². The highest BCUT2D eigenvalue weighted by atomic mass is 16.6. The summed E-state index contributed by atoms with van der Waals surface area (Å²) in [6, 6.07) is 9.58. The van der Waals surface area contributed by atoms with Crippen molar-refractivity contribution in [3.63, 3.8) is 0 Å². The molecule has 1 saturated heterocycles. The summed E-state index contributed by atoms with van der Waals surface area (Å²) in [5.41, 5.74) is 1.52. The van der Waals surface area contributed by atoms with Gasteiger partial charge < -0.3 is 10.6 Å². The molecule has 1 atom stereocenters. The van der Waals surface area contributed by atoms with Gasteiger partial charge in [-0.1, -0.05) is 45.0 Å². The average Bonchev–Trinajstić information content (AvgIpc) is 2.93. The van der Waals surface area contributed by atoms with E-state index in [1.165, 1.54) is 12.1 Å². The van der Waals surface area contributed by atoms with Crippen molar-refractivity contribution in [3.05, 3.63) is 68.8 Å². The zero-order valence-corrected chi connectivity index (χ0v) is 19.6. The van der Waals surface area contributed by atoms with Gasteiger partial charge in [0.05, 0.1) is 4.92 Å². The molecule has 0 bridgehead atoms. The van der Waals surface area contributed by atoms with E-state index in [0.29, 0.717) is 11.1 Å². The number of nitro groups is 1. The zero-order valence-electron chi connectivity index (χ0n) is 19.6. The first kappa shape index (κ1) is 23.9. The first-order valence-corrected chi connectivity index (χ1v) is 10.5. The summed E-state index contributed by atoms with van der Waals surface area (Å²) in [6.07, 6.45) is 0. The number of aryl methyl sites for hydroxylation is 2. The Hall–Kier alpha value is -3.75. The molecule has 1 heterocycles. The Kier molecular flexibility index (Phi) is 6.02. The van der Waals surface area contributed by atoms with Crippen LogP contribution >= 0.6 is 0 Å². The number of nitro benzene ring substituents is 1. The Morgan fingerprint density at radius 1 is 1.12 bits per heavy atom. The van der Waals surface area contributed by atoms with E-state index in [4.69, 9.17) is 0 Å². The van der Waals surface area contributed by atoms with Gasteiger partial charge in [0.25, 0.3) is 11.6 Å². The molecule has 4 amide bonds. The summed E-state index contributed by atoms with van der Waals surface area (Å²) in [7, 11) is 0. The second kappa shape index (κ2) is 8.31. The van der Waals surface area contributed by atoms with Crippen LogP contribution in [-0.4, -0.2) is 34.2 Å². The third-order valence-electron chi connectivity index (χ3n) is 5.99. The van der Waals surface area contributed by atoms with Crippen molar-refractivity contribution >= 4 is 29.2 Å². The summed E-state index contributed by atoms with van der Waals surface area (Å²) >= 11 is 0. The molecule has 2 aromatic carbocycles. The Morgan fingerprint density at radius 2 is 1.70 bits per heavy atom. The monoisotopic (exact) mass is 452 g/mol. The molecule has 1 aliphatic rings. The Balaban J connectivity index is 1.80. The van der Waals surface area contributed by atoms with E-state index >= 15 is 0 Å². The minimum Gasteiger partial charge on any atom is -0.319 e. The molecule has 0 spiro atoms. The maximum absolute atomic E-state index is 13.1. The molecule has 2 aromatic rings. The number of imide groups is 1. The van der Waals surface area contributed by atoms with Crippen molar-refractivity contribution < 1.29 is 19.3 Å². The fourth-order valence-corrected chi connectivity index (χ4v) is 3.73. The summed E-state index contributed by atoms with van der Waals surface area (Å²) in [5, 5.41) is 16.5. The number of carbonyl (C=O) groups is 3. The van der Waals surface area contributed by atoms with Gasteiger partial charge in [-0.15, -0.1) is 0 Å². The topological polar surface area (TPSA) is 122 Å². The number of hydrogen-bond acceptors (Lipinski definition) is 5. The van der Waals surface area contributed by atoms with E-state index < -0.39 is 34.9 Å². The van der Waals surface area contributed by atoms with E-state index in [0.717, 1.165) is 16.0 Å². The van der Waals surface area contributed by atoms with E-state index in [1.54, 1.807) is 32.9 Å². The molecule has 0 saturated carbocycles. The van der Waals surface area contributed by atoms with Crippen LogP contribution in [0.25, 0.3) is 0 Å². The summed E-state index contributed by atoms with van der Waals surface area (Å²) in [5.74, 6) is -1.28. The van der Waals surface area contributed by atoms with E-state index in [1.807, 2.05) is 12.1 Å². The number of rotatable bonds is 5. The van der Waals surface area contributed by atoms with Crippen LogP contribution < -0.4 is 10.6 Å². The second-order valence-corrected chi connectivity index (χ2v) is 9.53. The van der Waals surface area contributed by atoms with Crippen molar-refractivity contribution in [3.8, 4) is 0 Å². The van der Waals surface area contributed by atoms with E-state index in [-0.39, 0.29) is 16.8 Å². The van der Waals surface area contributed by atoms with Crippen LogP contribution in [0.1, 0.15) is 49.9 Å². The van der Waals surface area contributed by atoms with Crippen LogP contribution in [0.5, 0.6) is 0 Å². The van der Waals surface area contributed by atoms with Crippen LogP contribution in [0.2, 0.25) is 0 Å². The average molecular weight is 453 g/mol. The summed E-state index contributed by atoms with van der Waals surface area (Å²) in [6.45, 7) is 10.7. The molecule has 3 rings (SSSR count).